The lowest BCUT2D eigenvalue weighted by molar-refractivity contribution is -0.118. The molecule has 1 N–H and O–H groups in total. The van der Waals surface area contributed by atoms with E-state index in [2.05, 4.69) is 14.7 Å². The average Bonchev–Trinajstić information content (AvgIpc) is 2.85. The van der Waals surface area contributed by atoms with Crippen molar-refractivity contribution in [1.82, 2.24) is 9.36 Å². The van der Waals surface area contributed by atoms with Crippen molar-refractivity contribution >= 4 is 33.9 Å². The molecule has 0 radical (unpaired) electrons. The summed E-state index contributed by atoms with van der Waals surface area (Å²) in [4.78, 5) is 16.7. The molecule has 2 aromatic rings. The van der Waals surface area contributed by atoms with Crippen LogP contribution < -0.4 is 5.32 Å². The predicted octanol–water partition coefficient (Wildman–Crippen LogP) is 2.86. The van der Waals surface area contributed by atoms with Gasteiger partial charge in [-0.3, -0.25) is 4.79 Å². The van der Waals surface area contributed by atoms with E-state index in [-0.39, 0.29) is 11.8 Å². The second kappa shape index (κ2) is 4.71. The zero-order chi connectivity index (χ0) is 11.5. The fourth-order valence-electron chi connectivity index (χ4n) is 1.03. The summed E-state index contributed by atoms with van der Waals surface area (Å²) in [5.74, 6) is 0.599. The lowest BCUT2D eigenvalue weighted by atomic mass is 10.2. The molecule has 0 aliphatic carbocycles. The molecule has 0 aliphatic rings. The molecule has 2 heterocycles. The monoisotopic (exact) mass is 253 g/mol. The van der Waals surface area contributed by atoms with Crippen molar-refractivity contribution in [3.63, 3.8) is 0 Å². The second-order valence-corrected chi connectivity index (χ2v) is 5.24. The van der Waals surface area contributed by atoms with Crippen LogP contribution in [0.4, 0.5) is 5.13 Å². The number of hydrogen-bond donors (Lipinski definition) is 1. The number of aromatic nitrogens is 2. The molecule has 0 fully saturated rings. The molecule has 0 saturated carbocycles. The third-order valence-electron chi connectivity index (χ3n) is 1.92. The molecule has 4 nitrogen and oxygen atoms in total. The summed E-state index contributed by atoms with van der Waals surface area (Å²) in [5.41, 5.74) is 0. The van der Waals surface area contributed by atoms with E-state index in [0.717, 1.165) is 4.88 Å². The Labute approximate surface area is 102 Å². The van der Waals surface area contributed by atoms with Crippen molar-refractivity contribution in [2.75, 3.05) is 5.32 Å². The van der Waals surface area contributed by atoms with E-state index < -0.39 is 0 Å². The molecule has 0 spiro atoms. The van der Waals surface area contributed by atoms with Gasteiger partial charge in [0, 0.05) is 17.5 Å². The zero-order valence-electron chi connectivity index (χ0n) is 8.93. The number of hydrogen-bond acceptors (Lipinski definition) is 5. The Hall–Kier alpha value is -1.27. The maximum atomic E-state index is 11.4. The molecule has 2 aromatic heterocycles. The van der Waals surface area contributed by atoms with Crippen LogP contribution in [0.3, 0.4) is 0 Å². The maximum absolute atomic E-state index is 11.4. The predicted molar refractivity (Wildman–Crippen MR) is 66.7 cm³/mol. The number of nitrogens with zero attached hydrogens (tertiary/aromatic N) is 2. The number of amides is 1. The maximum Gasteiger partial charge on any atom is 0.228 e. The SMILES string of the molecule is CC(C)C(=O)Nc1nc(-c2cccs2)ns1. The zero-order valence-corrected chi connectivity index (χ0v) is 10.6. The third-order valence-corrected chi connectivity index (χ3v) is 3.42. The van der Waals surface area contributed by atoms with E-state index in [0.29, 0.717) is 11.0 Å². The van der Waals surface area contributed by atoms with Crippen LogP contribution in [0.15, 0.2) is 17.5 Å². The van der Waals surface area contributed by atoms with Crippen molar-refractivity contribution in [1.29, 1.82) is 0 Å². The minimum Gasteiger partial charge on any atom is -0.300 e. The van der Waals surface area contributed by atoms with Crippen molar-refractivity contribution in [2.45, 2.75) is 13.8 Å². The van der Waals surface area contributed by atoms with Crippen LogP contribution in [0.5, 0.6) is 0 Å². The Morgan fingerprint density at radius 3 is 2.94 bits per heavy atom. The van der Waals surface area contributed by atoms with E-state index in [1.54, 1.807) is 11.3 Å². The molecule has 0 atom stereocenters. The fraction of sp³-hybridized carbons (Fsp3) is 0.300. The second-order valence-electron chi connectivity index (χ2n) is 3.54. The van der Waals surface area contributed by atoms with E-state index in [1.807, 2.05) is 31.4 Å². The fourth-order valence-corrected chi connectivity index (χ4v) is 2.33. The molecule has 1 amide bonds. The van der Waals surface area contributed by atoms with Crippen molar-refractivity contribution in [3.8, 4) is 10.7 Å². The van der Waals surface area contributed by atoms with Crippen molar-refractivity contribution in [2.24, 2.45) is 5.92 Å². The summed E-state index contributed by atoms with van der Waals surface area (Å²) in [5, 5.41) is 5.27. The van der Waals surface area contributed by atoms with Gasteiger partial charge in [-0.15, -0.1) is 11.3 Å². The van der Waals surface area contributed by atoms with Gasteiger partial charge in [0.2, 0.25) is 11.0 Å². The van der Waals surface area contributed by atoms with E-state index >= 15 is 0 Å². The van der Waals surface area contributed by atoms with Gasteiger partial charge in [0.1, 0.15) is 0 Å². The first-order valence-corrected chi connectivity index (χ1v) is 6.50. The topological polar surface area (TPSA) is 54.9 Å². The summed E-state index contributed by atoms with van der Waals surface area (Å²) < 4.78 is 4.20. The Kier molecular flexibility index (Phi) is 3.31. The van der Waals surface area contributed by atoms with Gasteiger partial charge in [-0.2, -0.15) is 9.36 Å². The summed E-state index contributed by atoms with van der Waals surface area (Å²) in [7, 11) is 0. The Bertz CT molecular complexity index is 476. The van der Waals surface area contributed by atoms with Gasteiger partial charge in [-0.05, 0) is 11.4 Å². The van der Waals surface area contributed by atoms with Gasteiger partial charge in [0.15, 0.2) is 5.82 Å². The highest BCUT2D eigenvalue weighted by molar-refractivity contribution is 7.14. The normalized spacial score (nSPS) is 10.7. The van der Waals surface area contributed by atoms with E-state index in [9.17, 15) is 4.79 Å². The highest BCUT2D eigenvalue weighted by Gasteiger charge is 2.12. The van der Waals surface area contributed by atoms with Gasteiger partial charge >= 0.3 is 0 Å². The van der Waals surface area contributed by atoms with Crippen molar-refractivity contribution < 1.29 is 4.79 Å². The first-order chi connectivity index (χ1) is 7.66. The quantitative estimate of drug-likeness (QED) is 0.915. The molecule has 0 saturated heterocycles. The van der Waals surface area contributed by atoms with Gasteiger partial charge in [0.25, 0.3) is 0 Å². The number of carbonyl (C=O) groups excluding carboxylic acids is 1. The van der Waals surface area contributed by atoms with Crippen LogP contribution in [0, 0.1) is 5.92 Å². The Morgan fingerprint density at radius 2 is 2.31 bits per heavy atom. The summed E-state index contributed by atoms with van der Waals surface area (Å²) >= 11 is 2.79. The van der Waals surface area contributed by atoms with Crippen LogP contribution in [-0.4, -0.2) is 15.3 Å². The number of carbonyl (C=O) groups is 1. The van der Waals surface area contributed by atoms with Crippen LogP contribution in [-0.2, 0) is 4.79 Å². The minimum absolute atomic E-state index is 0.0334. The van der Waals surface area contributed by atoms with E-state index in [4.69, 9.17) is 0 Å². The van der Waals surface area contributed by atoms with Gasteiger partial charge in [0.05, 0.1) is 4.88 Å². The van der Waals surface area contributed by atoms with Crippen LogP contribution in [0.25, 0.3) is 10.7 Å². The Morgan fingerprint density at radius 1 is 1.50 bits per heavy atom. The molecule has 0 aliphatic heterocycles. The summed E-state index contributed by atoms with van der Waals surface area (Å²) in [6, 6.07) is 3.91. The van der Waals surface area contributed by atoms with Crippen LogP contribution in [0.2, 0.25) is 0 Å². The lowest BCUT2D eigenvalue weighted by Crippen LogP contribution is -2.17. The largest absolute Gasteiger partial charge is 0.300 e. The lowest BCUT2D eigenvalue weighted by Gasteiger charge is -2.02. The molecule has 2 rings (SSSR count). The molecule has 16 heavy (non-hydrogen) atoms. The standard InChI is InChI=1S/C10H11N3OS2/c1-6(2)9(14)12-10-11-8(13-16-10)7-4-3-5-15-7/h3-6H,1-2H3,(H,11,12,13,14). The third kappa shape index (κ3) is 2.45. The van der Waals surface area contributed by atoms with Crippen molar-refractivity contribution in [3.05, 3.63) is 17.5 Å². The molecule has 0 aromatic carbocycles. The molecule has 0 unspecified atom stereocenters. The highest BCUT2D eigenvalue weighted by atomic mass is 32.1. The van der Waals surface area contributed by atoms with Gasteiger partial charge in [-0.25, -0.2) is 0 Å². The molecule has 0 bridgehead atoms. The van der Waals surface area contributed by atoms with Gasteiger partial charge < -0.3 is 5.32 Å². The Balaban J connectivity index is 2.11. The molecular weight excluding hydrogens is 242 g/mol. The number of thiophene rings is 1. The van der Waals surface area contributed by atoms with Crippen LogP contribution in [0.1, 0.15) is 13.8 Å². The van der Waals surface area contributed by atoms with E-state index in [1.165, 1.54) is 11.5 Å². The average molecular weight is 253 g/mol. The summed E-state index contributed by atoms with van der Waals surface area (Å²) in [6.45, 7) is 3.69. The van der Waals surface area contributed by atoms with Gasteiger partial charge in [-0.1, -0.05) is 19.9 Å². The van der Waals surface area contributed by atoms with Crippen LogP contribution >= 0.6 is 22.9 Å². The molecule has 84 valence electrons. The number of anilines is 1. The first kappa shape index (κ1) is 11.2. The molecular formula is C10H11N3OS2. The number of rotatable bonds is 3. The number of nitrogens with one attached hydrogen (secondary N) is 1. The minimum atomic E-state index is -0.0471. The first-order valence-electron chi connectivity index (χ1n) is 4.85. The summed E-state index contributed by atoms with van der Waals surface area (Å²) in [6.07, 6.45) is 0. The molecule has 6 heteroatoms. The highest BCUT2D eigenvalue weighted by Crippen LogP contribution is 2.25. The smallest absolute Gasteiger partial charge is 0.228 e.